The van der Waals surface area contributed by atoms with Crippen LogP contribution >= 0.6 is 0 Å². The van der Waals surface area contributed by atoms with Gasteiger partial charge in [0.2, 0.25) is 0 Å². The lowest BCUT2D eigenvalue weighted by molar-refractivity contribution is -0.167. The Kier molecular flexibility index (Phi) is 9.63. The summed E-state index contributed by atoms with van der Waals surface area (Å²) >= 11 is 0. The van der Waals surface area contributed by atoms with Crippen LogP contribution in [-0.4, -0.2) is 36.1 Å². The average molecular weight is 434 g/mol. The highest BCUT2D eigenvalue weighted by Gasteiger charge is 2.39. The maximum absolute atomic E-state index is 12.9. The van der Waals surface area contributed by atoms with Crippen molar-refractivity contribution in [2.75, 3.05) is 19.6 Å². The molecule has 3 heteroatoms. The van der Waals surface area contributed by atoms with Gasteiger partial charge in [-0.05, 0) is 82.6 Å². The van der Waals surface area contributed by atoms with Crippen molar-refractivity contribution in [1.29, 1.82) is 0 Å². The number of allylic oxidation sites excluding steroid dienone is 2. The first-order valence-corrected chi connectivity index (χ1v) is 12.2. The fourth-order valence-electron chi connectivity index (χ4n) is 5.33. The number of nitrogens with zero attached hydrogens (tertiary/aromatic N) is 1. The molecule has 0 saturated heterocycles. The van der Waals surface area contributed by atoms with E-state index >= 15 is 0 Å². The largest absolute Gasteiger partial charge is 0.460 e. The first kappa shape index (κ1) is 27.9. The van der Waals surface area contributed by atoms with E-state index in [1.54, 1.807) is 0 Å². The molecule has 1 aliphatic carbocycles. The molecule has 0 aromatic rings. The number of carbonyl (C=O) groups excluding carboxylic acids is 1. The number of ether oxygens (including phenoxy) is 1. The summed E-state index contributed by atoms with van der Waals surface area (Å²) in [5.41, 5.74) is 0.705. The molecule has 180 valence electrons. The molecule has 1 rings (SSSR count). The van der Waals surface area contributed by atoms with Crippen molar-refractivity contribution in [3.05, 3.63) is 23.8 Å². The number of hydrogen-bond donors (Lipinski definition) is 0. The van der Waals surface area contributed by atoms with Crippen LogP contribution in [0, 0.1) is 22.2 Å². The number of hydrogen-bond acceptors (Lipinski definition) is 3. The second kappa shape index (κ2) is 10.7. The summed E-state index contributed by atoms with van der Waals surface area (Å²) in [6.45, 7) is 26.9. The summed E-state index contributed by atoms with van der Waals surface area (Å²) in [6, 6.07) is 0. The molecule has 0 saturated carbocycles. The molecule has 0 radical (unpaired) electrons. The van der Waals surface area contributed by atoms with E-state index in [9.17, 15) is 4.79 Å². The topological polar surface area (TPSA) is 29.5 Å². The van der Waals surface area contributed by atoms with Gasteiger partial charge >= 0.3 is 5.97 Å². The maximum Gasteiger partial charge on any atom is 0.312 e. The van der Waals surface area contributed by atoms with E-state index in [4.69, 9.17) is 4.74 Å². The molecule has 0 aromatic heterocycles. The number of esters is 1. The van der Waals surface area contributed by atoms with Gasteiger partial charge in [-0.2, -0.15) is 0 Å². The Balaban J connectivity index is 2.97. The van der Waals surface area contributed by atoms with E-state index in [-0.39, 0.29) is 16.8 Å². The zero-order valence-electron chi connectivity index (χ0n) is 22.5. The summed E-state index contributed by atoms with van der Waals surface area (Å²) in [5.74, 6) is 0.586. The zero-order valence-corrected chi connectivity index (χ0v) is 22.5. The minimum atomic E-state index is -0.514. The molecule has 0 N–H and O–H groups in total. The molecule has 0 aromatic carbocycles. The molecule has 0 spiro atoms. The van der Waals surface area contributed by atoms with Crippen molar-refractivity contribution >= 4 is 5.97 Å². The van der Waals surface area contributed by atoms with Gasteiger partial charge in [-0.25, -0.2) is 0 Å². The van der Waals surface area contributed by atoms with Gasteiger partial charge in [0.05, 0.1) is 5.41 Å². The van der Waals surface area contributed by atoms with Crippen molar-refractivity contribution in [3.63, 3.8) is 0 Å². The molecule has 0 aliphatic heterocycles. The van der Waals surface area contributed by atoms with Crippen LogP contribution in [-0.2, 0) is 9.53 Å². The van der Waals surface area contributed by atoms with Gasteiger partial charge in [0, 0.05) is 19.6 Å². The molecular formula is C28H51NO2. The van der Waals surface area contributed by atoms with Gasteiger partial charge in [-0.1, -0.05) is 59.8 Å². The highest BCUT2D eigenvalue weighted by molar-refractivity contribution is 5.76. The third-order valence-corrected chi connectivity index (χ3v) is 5.61. The molecule has 1 aliphatic rings. The normalized spacial score (nSPS) is 16.1. The van der Waals surface area contributed by atoms with E-state index in [0.717, 1.165) is 38.9 Å². The standard InChI is InChI=1S/C28H51NO2/c1-22(2)17-26(6,7)20-29(18-23-15-13-12-14-16-23)21-27(8,9)19-28(10,11)24(30)31-25(3,4)5/h13,15-16,22H,12,14,17-21H2,1-11H3. The lowest BCUT2D eigenvalue weighted by Crippen LogP contribution is -2.44. The van der Waals surface area contributed by atoms with E-state index in [1.807, 2.05) is 34.6 Å². The molecule has 31 heavy (non-hydrogen) atoms. The van der Waals surface area contributed by atoms with Crippen LogP contribution in [0.25, 0.3) is 0 Å². The van der Waals surface area contributed by atoms with Gasteiger partial charge in [0.25, 0.3) is 0 Å². The van der Waals surface area contributed by atoms with Crippen LogP contribution in [0.2, 0.25) is 0 Å². The molecule has 3 nitrogen and oxygen atoms in total. The molecule has 0 bridgehead atoms. The Labute approximate surface area is 193 Å². The predicted octanol–water partition coefficient (Wildman–Crippen LogP) is 7.42. The first-order valence-electron chi connectivity index (χ1n) is 12.2. The van der Waals surface area contributed by atoms with Gasteiger partial charge in [0.15, 0.2) is 0 Å². The summed E-state index contributed by atoms with van der Waals surface area (Å²) in [5, 5.41) is 0. The van der Waals surface area contributed by atoms with Crippen molar-refractivity contribution in [2.45, 2.75) is 107 Å². The van der Waals surface area contributed by atoms with Crippen LogP contribution in [0.1, 0.15) is 102 Å². The second-order valence-electron chi connectivity index (χ2n) is 13.4. The highest BCUT2D eigenvalue weighted by atomic mass is 16.6. The van der Waals surface area contributed by atoms with E-state index < -0.39 is 11.0 Å². The fourth-order valence-corrected chi connectivity index (χ4v) is 5.33. The Morgan fingerprint density at radius 3 is 2.03 bits per heavy atom. The minimum Gasteiger partial charge on any atom is -0.460 e. The van der Waals surface area contributed by atoms with Gasteiger partial charge in [-0.15, -0.1) is 0 Å². The van der Waals surface area contributed by atoms with Crippen LogP contribution in [0.4, 0.5) is 0 Å². The Bertz CT molecular complexity index is 644. The highest BCUT2D eigenvalue weighted by Crippen LogP contribution is 2.37. The molecule has 0 unspecified atom stereocenters. The zero-order chi connectivity index (χ0) is 24.1. The molecule has 0 amide bonds. The number of rotatable bonds is 11. The van der Waals surface area contributed by atoms with Crippen molar-refractivity contribution < 1.29 is 9.53 Å². The van der Waals surface area contributed by atoms with Crippen LogP contribution in [0.3, 0.4) is 0 Å². The van der Waals surface area contributed by atoms with E-state index in [2.05, 4.69) is 64.7 Å². The van der Waals surface area contributed by atoms with Crippen LogP contribution < -0.4 is 0 Å². The lowest BCUT2D eigenvalue weighted by Gasteiger charge is -2.41. The van der Waals surface area contributed by atoms with Gasteiger partial charge < -0.3 is 4.74 Å². The Hall–Kier alpha value is -1.09. The molecule has 0 atom stereocenters. The summed E-state index contributed by atoms with van der Waals surface area (Å²) < 4.78 is 5.73. The summed E-state index contributed by atoms with van der Waals surface area (Å²) in [7, 11) is 0. The third kappa shape index (κ3) is 11.4. The van der Waals surface area contributed by atoms with Crippen molar-refractivity contribution in [3.8, 4) is 0 Å². The third-order valence-electron chi connectivity index (χ3n) is 5.61. The monoisotopic (exact) mass is 433 g/mol. The quantitative estimate of drug-likeness (QED) is 0.317. The predicted molar refractivity (Wildman–Crippen MR) is 134 cm³/mol. The summed E-state index contributed by atoms with van der Waals surface area (Å²) in [6.07, 6.45) is 11.3. The van der Waals surface area contributed by atoms with E-state index in [0.29, 0.717) is 5.92 Å². The van der Waals surface area contributed by atoms with Crippen LogP contribution in [0.15, 0.2) is 23.8 Å². The molecule has 0 heterocycles. The summed E-state index contributed by atoms with van der Waals surface area (Å²) in [4.78, 5) is 15.5. The molecule has 0 fully saturated rings. The lowest BCUT2D eigenvalue weighted by atomic mass is 9.74. The van der Waals surface area contributed by atoms with Gasteiger partial charge in [0.1, 0.15) is 5.60 Å². The number of carbonyl (C=O) groups is 1. The second-order valence-corrected chi connectivity index (χ2v) is 13.4. The van der Waals surface area contributed by atoms with Crippen molar-refractivity contribution in [2.24, 2.45) is 22.2 Å². The molecular weight excluding hydrogens is 382 g/mol. The fraction of sp³-hybridized carbons (Fsp3) is 0.821. The Morgan fingerprint density at radius 1 is 0.968 bits per heavy atom. The first-order chi connectivity index (χ1) is 13.9. The van der Waals surface area contributed by atoms with Gasteiger partial charge in [-0.3, -0.25) is 9.69 Å². The average Bonchev–Trinajstić information content (AvgIpc) is 2.50. The van der Waals surface area contributed by atoms with Crippen molar-refractivity contribution in [1.82, 2.24) is 4.90 Å². The van der Waals surface area contributed by atoms with E-state index in [1.165, 1.54) is 12.0 Å². The minimum absolute atomic E-state index is 0.00669. The van der Waals surface area contributed by atoms with Crippen LogP contribution in [0.5, 0.6) is 0 Å². The SMILES string of the molecule is CC(C)CC(C)(C)CN(CC1=CCCC=C1)CC(C)(C)CC(C)(C)C(=O)OC(C)(C)C. The smallest absolute Gasteiger partial charge is 0.312 e. The Morgan fingerprint density at radius 2 is 1.55 bits per heavy atom. The maximum atomic E-state index is 12.9.